The Morgan fingerprint density at radius 1 is 0.143 bits per heavy atom. The van der Waals surface area contributed by atoms with Crippen molar-refractivity contribution in [3.8, 4) is 0 Å². The summed E-state index contributed by atoms with van der Waals surface area (Å²) in [6.07, 6.45) is 2.59. The monoisotopic (exact) mass is 787 g/mol. The van der Waals surface area contributed by atoms with Crippen LogP contribution in [-0.4, -0.2) is 0 Å². The SMILES string of the molecule is CCC(C)C(C)C(C)C(C)C(C)C(C)C(C)C(C)C(C)C(C)C(C)C(C)C(C)C(C)C(C)C(C)C(C)C(C)C(C)C(C)C(C)C(C)C(C)C(C)C(C)C(C)CC. The van der Waals surface area contributed by atoms with Gasteiger partial charge in [0, 0.05) is 0 Å². The zero-order valence-corrected chi connectivity index (χ0v) is 44.4. The second-order valence-electron chi connectivity index (χ2n) is 23.4. The van der Waals surface area contributed by atoms with Crippen LogP contribution in [0.5, 0.6) is 0 Å². The van der Waals surface area contributed by atoms with Crippen LogP contribution >= 0.6 is 0 Å². The molecule has 0 aliphatic heterocycles. The first-order valence-electron chi connectivity index (χ1n) is 25.6. The molecule has 0 aromatic heterocycles. The van der Waals surface area contributed by atoms with Crippen molar-refractivity contribution in [1.29, 1.82) is 0 Å². The lowest BCUT2D eigenvalue weighted by molar-refractivity contribution is 0.0404. The summed E-state index contributed by atoms with van der Waals surface area (Å²) in [7, 11) is 0. The van der Waals surface area contributed by atoms with Crippen LogP contribution in [0.2, 0.25) is 0 Å². The van der Waals surface area contributed by atoms with Gasteiger partial charge in [-0.1, -0.05) is 207 Å². The fourth-order valence-corrected chi connectivity index (χ4v) is 12.3. The van der Waals surface area contributed by atoms with E-state index in [9.17, 15) is 0 Å². The molecule has 0 fully saturated rings. The molecule has 338 valence electrons. The van der Waals surface area contributed by atoms with Gasteiger partial charge in [0.1, 0.15) is 0 Å². The largest absolute Gasteiger partial charge is 0.0651 e. The molecule has 26 atom stereocenters. The molecule has 0 radical (unpaired) electrons. The quantitative estimate of drug-likeness (QED) is 0.0778. The predicted molar refractivity (Wildman–Crippen MR) is 259 cm³/mol. The van der Waals surface area contributed by atoms with Crippen molar-refractivity contribution < 1.29 is 0 Å². The van der Waals surface area contributed by atoms with E-state index in [1.807, 2.05) is 0 Å². The molecular weight excluding hydrogens is 673 g/mol. The molecule has 0 heteroatoms. The minimum atomic E-state index is 0.722. The molecule has 0 rings (SSSR count). The van der Waals surface area contributed by atoms with E-state index in [2.05, 4.69) is 194 Å². The summed E-state index contributed by atoms with van der Waals surface area (Å²) in [6, 6.07) is 0. The lowest BCUT2D eigenvalue weighted by Gasteiger charge is -2.44. The van der Waals surface area contributed by atoms with E-state index in [0.717, 1.165) is 154 Å². The average Bonchev–Trinajstić information content (AvgIpc) is 3.21. The van der Waals surface area contributed by atoms with Gasteiger partial charge in [-0.3, -0.25) is 0 Å². The van der Waals surface area contributed by atoms with Crippen molar-refractivity contribution in [2.24, 2.45) is 154 Å². The lowest BCUT2D eigenvalue weighted by Crippen LogP contribution is -2.38. The molecule has 26 unspecified atom stereocenters. The van der Waals surface area contributed by atoms with Crippen LogP contribution in [0.25, 0.3) is 0 Å². The van der Waals surface area contributed by atoms with Gasteiger partial charge in [0.25, 0.3) is 0 Å². The van der Waals surface area contributed by atoms with Crippen LogP contribution in [0, 0.1) is 154 Å². The van der Waals surface area contributed by atoms with Crippen LogP contribution in [0.1, 0.15) is 207 Å². The van der Waals surface area contributed by atoms with Crippen LogP contribution in [0.15, 0.2) is 0 Å². The molecule has 0 nitrogen and oxygen atoms in total. The molecule has 0 aromatic rings. The maximum atomic E-state index is 2.61. The molecule has 0 aliphatic carbocycles. The Labute approximate surface area is 359 Å². The maximum absolute atomic E-state index is 2.61. The minimum Gasteiger partial charge on any atom is -0.0651 e. The topological polar surface area (TPSA) is 0 Å². The number of hydrogen-bond donors (Lipinski definition) is 0. The van der Waals surface area contributed by atoms with Crippen LogP contribution in [0.3, 0.4) is 0 Å². The van der Waals surface area contributed by atoms with E-state index in [1.165, 1.54) is 12.8 Å². The van der Waals surface area contributed by atoms with E-state index in [4.69, 9.17) is 0 Å². The number of rotatable bonds is 27. The molecule has 0 spiro atoms. The fourth-order valence-electron chi connectivity index (χ4n) is 12.3. The average molecular weight is 788 g/mol. The Kier molecular flexibility index (Phi) is 25.1. The maximum Gasteiger partial charge on any atom is -0.0386 e. The van der Waals surface area contributed by atoms with Crippen molar-refractivity contribution in [2.75, 3.05) is 0 Å². The van der Waals surface area contributed by atoms with Crippen molar-refractivity contribution in [3.63, 3.8) is 0 Å². The highest BCUT2D eigenvalue weighted by molar-refractivity contribution is 4.89. The van der Waals surface area contributed by atoms with Crippen molar-refractivity contribution >= 4 is 0 Å². The third kappa shape index (κ3) is 14.0. The standard InChI is InChI=1S/C56H114/c1-29-31(3)33(5)35(7)37(9)39(11)41(13)43(15)45(17)47(19)49(21)51(23)53(25)55(27)56(28)54(26)52(24)50(22)48(20)46(18)44(16)42(14)40(12)38(10)36(8)34(6)32(4)30-2/h31-56H,29-30H2,1-28H3. The molecule has 56 heavy (non-hydrogen) atoms. The second-order valence-corrected chi connectivity index (χ2v) is 23.4. The van der Waals surface area contributed by atoms with E-state index < -0.39 is 0 Å². The third-order valence-corrected chi connectivity index (χ3v) is 22.2. The van der Waals surface area contributed by atoms with Gasteiger partial charge in [0.05, 0.1) is 0 Å². The van der Waals surface area contributed by atoms with E-state index in [1.54, 1.807) is 0 Å². The summed E-state index contributed by atoms with van der Waals surface area (Å²) in [4.78, 5) is 0. The highest BCUT2D eigenvalue weighted by Gasteiger charge is 2.40. The summed E-state index contributed by atoms with van der Waals surface area (Å²) >= 11 is 0. The highest BCUT2D eigenvalue weighted by Crippen LogP contribution is 2.47. The molecular formula is C56H114. The third-order valence-electron chi connectivity index (χ3n) is 22.2. The summed E-state index contributed by atoms with van der Waals surface area (Å²) in [5, 5.41) is 0. The van der Waals surface area contributed by atoms with Gasteiger partial charge in [-0.15, -0.1) is 0 Å². The van der Waals surface area contributed by atoms with Gasteiger partial charge in [0.2, 0.25) is 0 Å². The summed E-state index contributed by atoms with van der Waals surface area (Å²) in [5.41, 5.74) is 0. The molecule has 0 N–H and O–H groups in total. The predicted octanol–water partition coefficient (Wildman–Crippen LogP) is 18.3. The van der Waals surface area contributed by atoms with Gasteiger partial charge in [-0.25, -0.2) is 0 Å². The summed E-state index contributed by atoms with van der Waals surface area (Å²) < 4.78 is 0. The van der Waals surface area contributed by atoms with E-state index in [0.29, 0.717) is 0 Å². The smallest absolute Gasteiger partial charge is 0.0386 e. The zero-order chi connectivity index (χ0) is 44.4. The molecule has 0 aromatic carbocycles. The van der Waals surface area contributed by atoms with Crippen molar-refractivity contribution in [2.45, 2.75) is 207 Å². The van der Waals surface area contributed by atoms with Crippen molar-refractivity contribution in [1.82, 2.24) is 0 Å². The first-order chi connectivity index (χ1) is 25.6. The Morgan fingerprint density at radius 3 is 0.286 bits per heavy atom. The molecule has 0 aliphatic rings. The van der Waals surface area contributed by atoms with Gasteiger partial charge in [0.15, 0.2) is 0 Å². The molecule has 0 saturated heterocycles. The minimum absolute atomic E-state index is 0.722. The van der Waals surface area contributed by atoms with Crippen molar-refractivity contribution in [3.05, 3.63) is 0 Å². The van der Waals surface area contributed by atoms with Gasteiger partial charge in [-0.05, 0) is 154 Å². The summed E-state index contributed by atoms with van der Waals surface area (Å²) in [6.45, 7) is 71.6. The normalized spacial score (nSPS) is 27.0. The van der Waals surface area contributed by atoms with Gasteiger partial charge in [-0.2, -0.15) is 0 Å². The Hall–Kier alpha value is 0. The fraction of sp³-hybridized carbons (Fsp3) is 1.00. The Morgan fingerprint density at radius 2 is 0.214 bits per heavy atom. The lowest BCUT2D eigenvalue weighted by atomic mass is 9.61. The Balaban J connectivity index is 5.62. The first-order valence-corrected chi connectivity index (χ1v) is 25.6. The highest BCUT2D eigenvalue weighted by atomic mass is 14.5. The van der Waals surface area contributed by atoms with Crippen LogP contribution in [0.4, 0.5) is 0 Å². The van der Waals surface area contributed by atoms with E-state index >= 15 is 0 Å². The molecule has 0 bridgehead atoms. The zero-order valence-electron chi connectivity index (χ0n) is 44.4. The first kappa shape index (κ1) is 56.0. The molecule has 0 saturated carbocycles. The number of hydrogen-bond acceptors (Lipinski definition) is 0. The summed E-state index contributed by atoms with van der Waals surface area (Å²) in [5.74, 6) is 19.5. The molecule has 0 amide bonds. The van der Waals surface area contributed by atoms with Gasteiger partial charge < -0.3 is 0 Å². The van der Waals surface area contributed by atoms with E-state index in [-0.39, 0.29) is 0 Å². The van der Waals surface area contributed by atoms with Gasteiger partial charge >= 0.3 is 0 Å². The Bertz CT molecular complexity index is 932. The van der Waals surface area contributed by atoms with Crippen LogP contribution in [-0.2, 0) is 0 Å². The van der Waals surface area contributed by atoms with Crippen LogP contribution < -0.4 is 0 Å². The molecule has 0 heterocycles. The second kappa shape index (κ2) is 25.1.